The van der Waals surface area contributed by atoms with Crippen LogP contribution in [-0.4, -0.2) is 56.2 Å². The Kier molecular flexibility index (Phi) is 4.90. The molecule has 1 heterocycles. The molecule has 0 atom stereocenters. The second kappa shape index (κ2) is 6.65. The zero-order valence-electron chi connectivity index (χ0n) is 11.6. The van der Waals surface area contributed by atoms with Crippen molar-refractivity contribution in [1.82, 2.24) is 15.3 Å². The lowest BCUT2D eigenvalue weighted by Gasteiger charge is -2.32. The predicted octanol–water partition coefficient (Wildman–Crippen LogP) is 0.725. The fourth-order valence-corrected chi connectivity index (χ4v) is 2.15. The summed E-state index contributed by atoms with van der Waals surface area (Å²) in [6.45, 7) is 4.76. The second-order valence-corrected chi connectivity index (χ2v) is 4.77. The molecule has 5 heteroatoms. The lowest BCUT2D eigenvalue weighted by atomic mass is 10.1. The molecule has 1 saturated heterocycles. The number of methoxy groups -OCH3 is 1. The summed E-state index contributed by atoms with van der Waals surface area (Å²) in [7, 11) is 3.54. The number of hydrogen-bond acceptors (Lipinski definition) is 5. The van der Waals surface area contributed by atoms with Crippen LogP contribution in [-0.2, 0) is 11.3 Å². The first-order valence-corrected chi connectivity index (χ1v) is 6.54. The molecule has 1 aliphatic heterocycles. The molecule has 0 spiro atoms. The quantitative estimate of drug-likeness (QED) is 0.811. The van der Waals surface area contributed by atoms with Crippen LogP contribution in [0.4, 0.5) is 0 Å². The van der Waals surface area contributed by atoms with Crippen LogP contribution in [0.5, 0.6) is 0 Å². The summed E-state index contributed by atoms with van der Waals surface area (Å²) in [5, 5.41) is 2.20. The number of hydrazine groups is 1. The number of benzene rings is 1. The maximum Gasteiger partial charge on any atom is 0.338 e. The number of carbonyl (C=O) groups is 1. The number of hydrogen-bond donors (Lipinski definition) is 1. The van der Waals surface area contributed by atoms with Crippen LogP contribution in [0.1, 0.15) is 15.9 Å². The molecule has 0 aliphatic carbocycles. The number of carbonyl (C=O) groups excluding carboxylic acids is 1. The normalized spacial score (nSPS) is 17.4. The van der Waals surface area contributed by atoms with Crippen molar-refractivity contribution >= 4 is 5.97 Å². The lowest BCUT2D eigenvalue weighted by Crippen LogP contribution is -2.50. The van der Waals surface area contributed by atoms with Gasteiger partial charge < -0.3 is 9.64 Å². The van der Waals surface area contributed by atoms with Crippen LogP contribution in [0.2, 0.25) is 0 Å². The summed E-state index contributed by atoms with van der Waals surface area (Å²) in [5.74, 6) is -0.282. The molecule has 0 unspecified atom stereocenters. The molecule has 1 fully saturated rings. The first-order valence-electron chi connectivity index (χ1n) is 6.54. The Morgan fingerprint density at radius 3 is 2.63 bits per heavy atom. The van der Waals surface area contributed by atoms with Gasteiger partial charge in [-0.15, -0.1) is 0 Å². The Morgan fingerprint density at radius 1 is 1.26 bits per heavy atom. The van der Waals surface area contributed by atoms with Crippen LogP contribution < -0.4 is 5.43 Å². The average molecular weight is 263 g/mol. The van der Waals surface area contributed by atoms with Crippen molar-refractivity contribution in [3.05, 3.63) is 35.4 Å². The van der Waals surface area contributed by atoms with E-state index in [1.54, 1.807) is 6.07 Å². The van der Waals surface area contributed by atoms with Crippen molar-refractivity contribution in [2.45, 2.75) is 6.54 Å². The first kappa shape index (κ1) is 14.0. The molecule has 0 saturated carbocycles. The zero-order valence-corrected chi connectivity index (χ0v) is 11.6. The topological polar surface area (TPSA) is 44.8 Å². The van der Waals surface area contributed by atoms with E-state index in [1.165, 1.54) is 7.11 Å². The summed E-state index contributed by atoms with van der Waals surface area (Å²) in [6.07, 6.45) is 0. The van der Waals surface area contributed by atoms with Gasteiger partial charge in [0.15, 0.2) is 0 Å². The van der Waals surface area contributed by atoms with Gasteiger partial charge in [0.05, 0.1) is 12.7 Å². The minimum Gasteiger partial charge on any atom is -0.465 e. The van der Waals surface area contributed by atoms with Crippen LogP contribution in [0.3, 0.4) is 0 Å². The standard InChI is InChI=1S/C14H21N3O2/c1-16-7-9-17(10-8-16)15-11-12-5-3-4-6-13(12)14(18)19-2/h3-6,15H,7-11H2,1-2H3. The van der Waals surface area contributed by atoms with Crippen molar-refractivity contribution in [2.75, 3.05) is 40.3 Å². The van der Waals surface area contributed by atoms with Crippen molar-refractivity contribution in [1.29, 1.82) is 0 Å². The van der Waals surface area contributed by atoms with Crippen LogP contribution in [0.15, 0.2) is 24.3 Å². The summed E-state index contributed by atoms with van der Waals surface area (Å²) >= 11 is 0. The van der Waals surface area contributed by atoms with Gasteiger partial charge in [-0.25, -0.2) is 9.80 Å². The molecule has 0 aromatic heterocycles. The third-order valence-electron chi connectivity index (χ3n) is 3.42. The maximum absolute atomic E-state index is 11.7. The van der Waals surface area contributed by atoms with E-state index in [0.29, 0.717) is 12.1 Å². The molecular formula is C14H21N3O2. The van der Waals surface area contributed by atoms with E-state index >= 15 is 0 Å². The maximum atomic E-state index is 11.7. The Labute approximate surface area is 114 Å². The highest BCUT2D eigenvalue weighted by Crippen LogP contribution is 2.10. The summed E-state index contributed by atoms with van der Waals surface area (Å²) < 4.78 is 4.80. The molecule has 0 radical (unpaired) electrons. The highest BCUT2D eigenvalue weighted by Gasteiger charge is 2.15. The van der Waals surface area contributed by atoms with Crippen molar-refractivity contribution in [3.8, 4) is 0 Å². The fraction of sp³-hybridized carbons (Fsp3) is 0.500. The van der Waals surface area contributed by atoms with Gasteiger partial charge in [-0.05, 0) is 18.7 Å². The molecule has 1 aliphatic rings. The van der Waals surface area contributed by atoms with Crippen molar-refractivity contribution in [3.63, 3.8) is 0 Å². The van der Waals surface area contributed by atoms with E-state index < -0.39 is 0 Å². The largest absolute Gasteiger partial charge is 0.465 e. The van der Waals surface area contributed by atoms with Crippen molar-refractivity contribution < 1.29 is 9.53 Å². The van der Waals surface area contributed by atoms with E-state index in [0.717, 1.165) is 31.7 Å². The summed E-state index contributed by atoms with van der Waals surface area (Å²) in [4.78, 5) is 14.0. The molecule has 104 valence electrons. The summed E-state index contributed by atoms with van der Waals surface area (Å²) in [5.41, 5.74) is 4.97. The van der Waals surface area contributed by atoms with Crippen LogP contribution in [0.25, 0.3) is 0 Å². The Hall–Kier alpha value is -1.43. The Balaban J connectivity index is 1.94. The minimum absolute atomic E-state index is 0.282. The molecular weight excluding hydrogens is 242 g/mol. The Bertz CT molecular complexity index is 428. The molecule has 19 heavy (non-hydrogen) atoms. The zero-order chi connectivity index (χ0) is 13.7. The van der Waals surface area contributed by atoms with Crippen LogP contribution in [0, 0.1) is 0 Å². The average Bonchev–Trinajstić information content (AvgIpc) is 2.46. The van der Waals surface area contributed by atoms with Crippen LogP contribution >= 0.6 is 0 Å². The van der Waals surface area contributed by atoms with Gasteiger partial charge >= 0.3 is 5.97 Å². The SMILES string of the molecule is COC(=O)c1ccccc1CNN1CCN(C)CC1. The van der Waals surface area contributed by atoms with Gasteiger partial charge in [-0.1, -0.05) is 18.2 Å². The third-order valence-corrected chi connectivity index (χ3v) is 3.42. The van der Waals surface area contributed by atoms with Gasteiger partial charge in [-0.2, -0.15) is 0 Å². The minimum atomic E-state index is -0.282. The molecule has 1 aromatic carbocycles. The van der Waals surface area contributed by atoms with Gasteiger partial charge in [0, 0.05) is 32.7 Å². The van der Waals surface area contributed by atoms with Gasteiger partial charge in [0.2, 0.25) is 0 Å². The number of rotatable bonds is 4. The smallest absolute Gasteiger partial charge is 0.338 e. The van der Waals surface area contributed by atoms with E-state index in [4.69, 9.17) is 4.74 Å². The van der Waals surface area contributed by atoms with E-state index in [2.05, 4.69) is 22.4 Å². The second-order valence-electron chi connectivity index (χ2n) is 4.77. The number of ether oxygens (including phenoxy) is 1. The van der Waals surface area contributed by atoms with E-state index in [-0.39, 0.29) is 5.97 Å². The molecule has 1 aromatic rings. The molecule has 1 N–H and O–H groups in total. The number of piperazine rings is 1. The van der Waals surface area contributed by atoms with E-state index in [9.17, 15) is 4.79 Å². The summed E-state index contributed by atoms with van der Waals surface area (Å²) in [6, 6.07) is 7.54. The highest BCUT2D eigenvalue weighted by atomic mass is 16.5. The number of nitrogens with one attached hydrogen (secondary N) is 1. The lowest BCUT2D eigenvalue weighted by molar-refractivity contribution is 0.0597. The van der Waals surface area contributed by atoms with E-state index in [1.807, 2.05) is 18.2 Å². The van der Waals surface area contributed by atoms with Gasteiger partial charge in [0.25, 0.3) is 0 Å². The molecule has 2 rings (SSSR count). The number of esters is 1. The number of likely N-dealkylation sites (N-methyl/N-ethyl adjacent to an activating group) is 1. The Morgan fingerprint density at radius 2 is 1.95 bits per heavy atom. The first-order chi connectivity index (χ1) is 9.20. The van der Waals surface area contributed by atoms with Crippen molar-refractivity contribution in [2.24, 2.45) is 0 Å². The third kappa shape index (κ3) is 3.76. The van der Waals surface area contributed by atoms with Gasteiger partial charge in [-0.3, -0.25) is 5.43 Å². The predicted molar refractivity (Wildman–Crippen MR) is 73.7 cm³/mol. The monoisotopic (exact) mass is 263 g/mol. The number of nitrogens with zero attached hydrogens (tertiary/aromatic N) is 2. The molecule has 5 nitrogen and oxygen atoms in total. The molecule has 0 amide bonds. The van der Waals surface area contributed by atoms with Gasteiger partial charge in [0.1, 0.15) is 0 Å². The highest BCUT2D eigenvalue weighted by molar-refractivity contribution is 5.90. The fourth-order valence-electron chi connectivity index (χ4n) is 2.15. The molecule has 0 bridgehead atoms.